The first kappa shape index (κ1) is 27.4. The SMILES string of the molecule is CS(=O)(=O)CCNCc1ccc(N2C=Cc3cncc(Nc4ccc(OCc5cccc(F)c5)cc4)c3C2)cc1. The molecule has 0 saturated heterocycles. The Kier molecular flexibility index (Phi) is 8.42. The molecule has 0 radical (unpaired) electrons. The molecule has 2 N–H and O–H groups in total. The summed E-state index contributed by atoms with van der Waals surface area (Å²) in [6, 6.07) is 22.3. The van der Waals surface area contributed by atoms with Crippen LogP contribution in [0.4, 0.5) is 21.5 Å². The van der Waals surface area contributed by atoms with Gasteiger partial charge in [0.1, 0.15) is 28.0 Å². The summed E-state index contributed by atoms with van der Waals surface area (Å²) >= 11 is 0. The molecular weight excluding hydrogens is 527 g/mol. The molecule has 0 bridgehead atoms. The third-order valence-electron chi connectivity index (χ3n) is 6.53. The minimum Gasteiger partial charge on any atom is -0.489 e. The van der Waals surface area contributed by atoms with E-state index in [0.717, 1.165) is 39.3 Å². The van der Waals surface area contributed by atoms with Gasteiger partial charge in [0.25, 0.3) is 0 Å². The van der Waals surface area contributed by atoms with Crippen LogP contribution in [0.5, 0.6) is 5.75 Å². The van der Waals surface area contributed by atoms with E-state index in [-0.39, 0.29) is 11.6 Å². The van der Waals surface area contributed by atoms with Gasteiger partial charge in [0, 0.05) is 54.2 Å². The smallest absolute Gasteiger partial charge is 0.148 e. The first-order valence-electron chi connectivity index (χ1n) is 13.0. The normalized spacial score (nSPS) is 12.7. The Labute approximate surface area is 234 Å². The number of ether oxygens (including phenoxy) is 1. The number of halogens is 1. The molecule has 1 aliphatic heterocycles. The number of rotatable bonds is 11. The van der Waals surface area contributed by atoms with Crippen molar-refractivity contribution in [2.75, 3.05) is 28.8 Å². The lowest BCUT2D eigenvalue weighted by Crippen LogP contribution is -2.22. The third kappa shape index (κ3) is 7.46. The maximum absolute atomic E-state index is 13.4. The molecule has 3 aromatic carbocycles. The number of fused-ring (bicyclic) bond motifs is 1. The summed E-state index contributed by atoms with van der Waals surface area (Å²) in [5.74, 6) is 0.552. The fourth-order valence-electron chi connectivity index (χ4n) is 4.38. The molecule has 0 spiro atoms. The van der Waals surface area contributed by atoms with Gasteiger partial charge in [-0.2, -0.15) is 0 Å². The summed E-state index contributed by atoms with van der Waals surface area (Å²) in [5, 5.41) is 6.66. The summed E-state index contributed by atoms with van der Waals surface area (Å²) < 4.78 is 41.8. The van der Waals surface area contributed by atoms with E-state index in [2.05, 4.69) is 57.1 Å². The summed E-state index contributed by atoms with van der Waals surface area (Å²) in [7, 11) is -2.97. The van der Waals surface area contributed by atoms with Crippen LogP contribution in [0, 0.1) is 5.82 Å². The highest BCUT2D eigenvalue weighted by Gasteiger charge is 2.16. The molecule has 0 atom stereocenters. The van der Waals surface area contributed by atoms with Crippen LogP contribution in [0.15, 0.2) is 91.4 Å². The van der Waals surface area contributed by atoms with Crippen molar-refractivity contribution in [1.82, 2.24) is 10.3 Å². The molecule has 40 heavy (non-hydrogen) atoms. The number of benzene rings is 3. The number of pyridine rings is 1. The second kappa shape index (κ2) is 12.3. The van der Waals surface area contributed by atoms with Crippen molar-refractivity contribution in [1.29, 1.82) is 0 Å². The lowest BCUT2D eigenvalue weighted by molar-refractivity contribution is 0.305. The van der Waals surface area contributed by atoms with Crippen molar-refractivity contribution in [3.05, 3.63) is 119 Å². The average Bonchev–Trinajstić information content (AvgIpc) is 2.95. The molecule has 0 unspecified atom stereocenters. The zero-order chi connectivity index (χ0) is 28.0. The molecule has 0 fully saturated rings. The standard InChI is InChI=1S/C31H31FN4O3S/c1-40(37,38)16-14-33-18-23-5-9-28(10-6-23)36-15-13-25-19-34-20-31(30(25)21-36)35-27-7-11-29(12-8-27)39-22-24-3-2-4-26(32)17-24/h2-13,15,17,19-20,33,35H,14,16,18,21-22H2,1H3. The lowest BCUT2D eigenvalue weighted by Gasteiger charge is -2.27. The topological polar surface area (TPSA) is 83.6 Å². The number of nitrogens with one attached hydrogen (secondary N) is 2. The Balaban J connectivity index is 1.20. The van der Waals surface area contributed by atoms with Gasteiger partial charge in [-0.05, 0) is 65.7 Å². The molecule has 4 aromatic rings. The number of nitrogens with zero attached hydrogens (tertiary/aromatic N) is 2. The Bertz CT molecular complexity index is 1590. The van der Waals surface area contributed by atoms with E-state index in [9.17, 15) is 12.8 Å². The van der Waals surface area contributed by atoms with Gasteiger partial charge in [-0.25, -0.2) is 12.8 Å². The Hall–Kier alpha value is -4.21. The summed E-state index contributed by atoms with van der Waals surface area (Å²) in [6.45, 7) is 2.02. The molecule has 0 saturated carbocycles. The first-order chi connectivity index (χ1) is 19.3. The van der Waals surface area contributed by atoms with Crippen LogP contribution in [0.3, 0.4) is 0 Å². The predicted molar refractivity (Wildman–Crippen MR) is 158 cm³/mol. The van der Waals surface area contributed by atoms with Crippen LogP contribution in [0.25, 0.3) is 6.08 Å². The maximum Gasteiger partial charge on any atom is 0.148 e. The van der Waals surface area contributed by atoms with Gasteiger partial charge in [0.15, 0.2) is 0 Å². The van der Waals surface area contributed by atoms with E-state index < -0.39 is 9.84 Å². The number of anilines is 3. The van der Waals surface area contributed by atoms with Gasteiger partial charge in [-0.3, -0.25) is 4.98 Å². The molecule has 7 nitrogen and oxygen atoms in total. The monoisotopic (exact) mass is 558 g/mol. The van der Waals surface area contributed by atoms with Crippen molar-refractivity contribution in [3.63, 3.8) is 0 Å². The third-order valence-corrected chi connectivity index (χ3v) is 7.47. The fourth-order valence-corrected chi connectivity index (χ4v) is 4.90. The van der Waals surface area contributed by atoms with Crippen LogP contribution in [0.1, 0.15) is 22.3 Å². The first-order valence-corrected chi connectivity index (χ1v) is 15.0. The van der Waals surface area contributed by atoms with Gasteiger partial charge in [-0.1, -0.05) is 24.3 Å². The van der Waals surface area contributed by atoms with Crippen LogP contribution in [-0.4, -0.2) is 32.0 Å². The van der Waals surface area contributed by atoms with E-state index in [4.69, 9.17) is 4.74 Å². The van der Waals surface area contributed by atoms with Crippen LogP contribution in [0.2, 0.25) is 0 Å². The van der Waals surface area contributed by atoms with Crippen molar-refractivity contribution in [3.8, 4) is 5.75 Å². The minimum atomic E-state index is -2.97. The van der Waals surface area contributed by atoms with E-state index in [1.165, 1.54) is 18.4 Å². The zero-order valence-electron chi connectivity index (χ0n) is 22.2. The Morgan fingerprint density at radius 3 is 2.55 bits per heavy atom. The summed E-state index contributed by atoms with van der Waals surface area (Å²) in [6.07, 6.45) is 9.05. The highest BCUT2D eigenvalue weighted by molar-refractivity contribution is 7.90. The molecule has 1 aromatic heterocycles. The van der Waals surface area contributed by atoms with Crippen LogP contribution < -0.4 is 20.3 Å². The van der Waals surface area contributed by atoms with Gasteiger partial charge in [0.05, 0.1) is 24.2 Å². The Morgan fingerprint density at radius 2 is 1.80 bits per heavy atom. The fraction of sp³-hybridized carbons (Fsp3) is 0.194. The Morgan fingerprint density at radius 1 is 1.00 bits per heavy atom. The molecule has 0 aliphatic carbocycles. The second-order valence-corrected chi connectivity index (χ2v) is 12.0. The van der Waals surface area contributed by atoms with Crippen molar-refractivity contribution in [2.45, 2.75) is 19.7 Å². The van der Waals surface area contributed by atoms with Crippen molar-refractivity contribution in [2.24, 2.45) is 0 Å². The average molecular weight is 559 g/mol. The number of hydrogen-bond acceptors (Lipinski definition) is 7. The van der Waals surface area contributed by atoms with Crippen molar-refractivity contribution < 1.29 is 17.5 Å². The van der Waals surface area contributed by atoms with Gasteiger partial charge >= 0.3 is 0 Å². The van der Waals surface area contributed by atoms with Gasteiger partial charge in [0.2, 0.25) is 0 Å². The zero-order valence-corrected chi connectivity index (χ0v) is 23.0. The van der Waals surface area contributed by atoms with E-state index in [1.807, 2.05) is 42.7 Å². The van der Waals surface area contributed by atoms with Gasteiger partial charge < -0.3 is 20.3 Å². The number of sulfone groups is 1. The van der Waals surface area contributed by atoms with E-state index in [0.29, 0.717) is 32.0 Å². The maximum atomic E-state index is 13.4. The van der Waals surface area contributed by atoms with E-state index >= 15 is 0 Å². The summed E-state index contributed by atoms with van der Waals surface area (Å²) in [4.78, 5) is 6.59. The summed E-state index contributed by atoms with van der Waals surface area (Å²) in [5.41, 5.74) is 6.95. The highest BCUT2D eigenvalue weighted by atomic mass is 32.2. The number of aromatic nitrogens is 1. The molecule has 206 valence electrons. The highest BCUT2D eigenvalue weighted by Crippen LogP contribution is 2.31. The lowest BCUT2D eigenvalue weighted by atomic mass is 10.0. The molecule has 2 heterocycles. The minimum absolute atomic E-state index is 0.128. The van der Waals surface area contributed by atoms with Crippen LogP contribution >= 0.6 is 0 Å². The predicted octanol–water partition coefficient (Wildman–Crippen LogP) is 5.67. The van der Waals surface area contributed by atoms with Crippen molar-refractivity contribution >= 4 is 33.0 Å². The largest absolute Gasteiger partial charge is 0.489 e. The molecule has 9 heteroatoms. The molecule has 5 rings (SSSR count). The van der Waals surface area contributed by atoms with E-state index in [1.54, 1.807) is 6.07 Å². The second-order valence-electron chi connectivity index (χ2n) is 9.74. The van der Waals surface area contributed by atoms with Crippen LogP contribution in [-0.2, 0) is 29.5 Å². The number of hydrogen-bond donors (Lipinski definition) is 2. The molecular formula is C31H31FN4O3S. The molecule has 1 aliphatic rings. The van der Waals surface area contributed by atoms with Gasteiger partial charge in [-0.15, -0.1) is 0 Å². The quantitative estimate of drug-likeness (QED) is 0.230. The molecule has 0 amide bonds.